The van der Waals surface area contributed by atoms with E-state index in [0.717, 1.165) is 38.7 Å². The van der Waals surface area contributed by atoms with Crippen LogP contribution in [0.2, 0.25) is 0 Å². The van der Waals surface area contributed by atoms with Gasteiger partial charge in [-0.15, -0.1) is 11.3 Å². The van der Waals surface area contributed by atoms with Crippen LogP contribution in [-0.4, -0.2) is 39.5 Å². The van der Waals surface area contributed by atoms with Crippen molar-refractivity contribution in [2.45, 2.75) is 32.2 Å². The van der Waals surface area contributed by atoms with Gasteiger partial charge in [0.25, 0.3) is 0 Å². The molecule has 4 aromatic rings. The van der Waals surface area contributed by atoms with Crippen molar-refractivity contribution in [3.8, 4) is 16.9 Å². The third kappa shape index (κ3) is 6.14. The van der Waals surface area contributed by atoms with Gasteiger partial charge in [0.1, 0.15) is 0 Å². The smallest absolute Gasteiger partial charge is 0.303 e. The second kappa shape index (κ2) is 11.6. The summed E-state index contributed by atoms with van der Waals surface area (Å²) in [6, 6.07) is 21.4. The monoisotopic (exact) mass is 500 g/mol. The summed E-state index contributed by atoms with van der Waals surface area (Å²) in [5, 5.41) is 19.0. The van der Waals surface area contributed by atoms with Crippen LogP contribution < -0.4 is 5.32 Å². The fourth-order valence-electron chi connectivity index (χ4n) is 3.95. The van der Waals surface area contributed by atoms with E-state index in [9.17, 15) is 9.59 Å². The first kappa shape index (κ1) is 25.1. The second-order valence-electron chi connectivity index (χ2n) is 8.44. The molecule has 1 atom stereocenters. The van der Waals surface area contributed by atoms with Gasteiger partial charge in [0.05, 0.1) is 29.6 Å². The number of rotatable bonds is 10. The van der Waals surface area contributed by atoms with Gasteiger partial charge in [0, 0.05) is 42.1 Å². The van der Waals surface area contributed by atoms with Crippen molar-refractivity contribution in [2.24, 2.45) is 4.99 Å². The molecule has 0 aliphatic carbocycles. The highest BCUT2D eigenvalue weighted by molar-refractivity contribution is 7.12. The molecule has 7 nitrogen and oxygen atoms in total. The number of benzene rings is 2. The minimum absolute atomic E-state index is 0.101. The van der Waals surface area contributed by atoms with E-state index in [1.165, 1.54) is 0 Å². The number of thiophene rings is 1. The molecule has 36 heavy (non-hydrogen) atoms. The summed E-state index contributed by atoms with van der Waals surface area (Å²) in [5.41, 5.74) is 5.42. The summed E-state index contributed by atoms with van der Waals surface area (Å²) in [7, 11) is 1.74. The normalized spacial score (nSPS) is 12.3. The zero-order chi connectivity index (χ0) is 25.5. The molecule has 0 saturated carbocycles. The highest BCUT2D eigenvalue weighted by atomic mass is 32.1. The van der Waals surface area contributed by atoms with E-state index in [2.05, 4.69) is 10.3 Å². The minimum atomic E-state index is -1.01. The van der Waals surface area contributed by atoms with Gasteiger partial charge in [-0.3, -0.25) is 14.6 Å². The number of aliphatic carboxylic acids is 1. The number of amides is 1. The number of nitrogens with one attached hydrogen (secondary N) is 1. The molecule has 8 heteroatoms. The van der Waals surface area contributed by atoms with Crippen LogP contribution in [0.25, 0.3) is 16.9 Å². The number of carbonyl (C=O) groups excluding carboxylic acids is 1. The van der Waals surface area contributed by atoms with E-state index in [1.807, 2.05) is 89.9 Å². The molecule has 2 N–H and O–H groups in total. The second-order valence-corrected chi connectivity index (χ2v) is 9.39. The maximum atomic E-state index is 12.8. The predicted molar refractivity (Wildman–Crippen MR) is 143 cm³/mol. The summed E-state index contributed by atoms with van der Waals surface area (Å²) in [6.45, 7) is 2.03. The number of aryl methyl sites for hydroxylation is 1. The lowest BCUT2D eigenvalue weighted by Gasteiger charge is -2.20. The number of carboxylic acids is 1. The number of aromatic nitrogens is 2. The number of carbonyl (C=O) groups is 2. The Balaban J connectivity index is 1.79. The van der Waals surface area contributed by atoms with E-state index in [4.69, 9.17) is 10.2 Å². The Kier molecular flexibility index (Phi) is 8.07. The van der Waals surface area contributed by atoms with Crippen LogP contribution in [0.5, 0.6) is 0 Å². The molecule has 184 valence electrons. The van der Waals surface area contributed by atoms with Gasteiger partial charge in [0.15, 0.2) is 0 Å². The van der Waals surface area contributed by atoms with Gasteiger partial charge in [0.2, 0.25) is 5.91 Å². The summed E-state index contributed by atoms with van der Waals surface area (Å²) < 4.78 is 1.81. The number of nitrogens with zero attached hydrogens (tertiary/aromatic N) is 3. The van der Waals surface area contributed by atoms with Crippen molar-refractivity contribution in [1.29, 1.82) is 0 Å². The maximum Gasteiger partial charge on any atom is 0.303 e. The number of aliphatic imine (C=N–C) groups is 1. The van der Waals surface area contributed by atoms with Crippen LogP contribution in [-0.2, 0) is 9.59 Å². The average molecular weight is 501 g/mol. The summed E-state index contributed by atoms with van der Waals surface area (Å²) in [5.74, 6) is -1.33. The quantitative estimate of drug-likeness (QED) is 0.283. The lowest BCUT2D eigenvalue weighted by molar-refractivity contribution is -0.138. The molecular formula is C28H28N4O3S. The van der Waals surface area contributed by atoms with Gasteiger partial charge in [-0.25, -0.2) is 4.68 Å². The zero-order valence-corrected chi connectivity index (χ0v) is 21.0. The molecule has 0 spiro atoms. The van der Waals surface area contributed by atoms with Crippen molar-refractivity contribution in [2.75, 3.05) is 7.05 Å². The van der Waals surface area contributed by atoms with Gasteiger partial charge in [-0.2, -0.15) is 5.10 Å². The Labute approximate surface area is 214 Å². The van der Waals surface area contributed by atoms with Gasteiger partial charge >= 0.3 is 5.97 Å². The molecule has 4 rings (SSSR count). The highest BCUT2D eigenvalue weighted by Crippen LogP contribution is 2.32. The van der Waals surface area contributed by atoms with Gasteiger partial charge in [-0.05, 0) is 30.5 Å². The molecule has 0 fully saturated rings. The third-order valence-corrected chi connectivity index (χ3v) is 6.76. The fourth-order valence-corrected chi connectivity index (χ4v) is 4.73. The molecule has 0 aliphatic heterocycles. The molecule has 1 amide bonds. The Bertz CT molecular complexity index is 1340. The zero-order valence-electron chi connectivity index (χ0n) is 20.2. The first-order valence-corrected chi connectivity index (χ1v) is 12.5. The molecular weight excluding hydrogens is 472 g/mol. The van der Waals surface area contributed by atoms with Crippen LogP contribution in [0.15, 0.2) is 83.3 Å². The number of para-hydroxylation sites is 1. The Hall–Kier alpha value is -4.04. The Morgan fingerprint density at radius 2 is 1.81 bits per heavy atom. The lowest BCUT2D eigenvalue weighted by Crippen LogP contribution is -2.30. The average Bonchev–Trinajstić information content (AvgIpc) is 3.57. The molecule has 0 aliphatic rings. The van der Waals surface area contributed by atoms with Crippen LogP contribution >= 0.6 is 11.3 Å². The van der Waals surface area contributed by atoms with Crippen molar-refractivity contribution in [1.82, 2.24) is 15.1 Å². The molecule has 0 bridgehead atoms. The number of carboxylic acid groups (broad SMARTS) is 1. The van der Waals surface area contributed by atoms with E-state index in [1.54, 1.807) is 18.4 Å². The first-order valence-electron chi connectivity index (χ1n) is 11.7. The van der Waals surface area contributed by atoms with Crippen molar-refractivity contribution >= 4 is 28.9 Å². The van der Waals surface area contributed by atoms with Crippen LogP contribution in [0.1, 0.15) is 41.3 Å². The van der Waals surface area contributed by atoms with Gasteiger partial charge < -0.3 is 10.4 Å². The van der Waals surface area contributed by atoms with Crippen molar-refractivity contribution in [3.63, 3.8) is 0 Å². The van der Waals surface area contributed by atoms with Crippen LogP contribution in [0.3, 0.4) is 0 Å². The SMILES string of the molecule is CN=C(CC(NC(=O)CCC(=O)O)c1cn(-c2ccccc2)nc1-c1ccc(C)cc1)c1cccs1. The molecule has 2 aromatic heterocycles. The maximum absolute atomic E-state index is 12.8. The number of hydrogen-bond acceptors (Lipinski definition) is 5. The first-order chi connectivity index (χ1) is 17.4. The fraction of sp³-hybridized carbons (Fsp3) is 0.214. The topological polar surface area (TPSA) is 96.6 Å². The van der Waals surface area contributed by atoms with Crippen molar-refractivity contribution < 1.29 is 14.7 Å². The summed E-state index contributed by atoms with van der Waals surface area (Å²) in [6.07, 6.45) is 2.05. The largest absolute Gasteiger partial charge is 0.481 e. The van der Waals surface area contributed by atoms with Gasteiger partial charge in [-0.1, -0.05) is 54.1 Å². The highest BCUT2D eigenvalue weighted by Gasteiger charge is 2.25. The standard InChI is InChI=1S/C28H28N4O3S/c1-19-10-12-20(13-11-19)28-22(18-32(31-28)21-7-4-3-5-8-21)23(30-26(33)14-15-27(34)35)17-24(29-2)25-9-6-16-36-25/h3-13,16,18,23H,14-15,17H2,1-2H3,(H,30,33)(H,34,35). The van der Waals surface area contributed by atoms with E-state index in [-0.39, 0.29) is 18.7 Å². The molecule has 2 aromatic carbocycles. The molecule has 1 unspecified atom stereocenters. The molecule has 2 heterocycles. The van der Waals surface area contributed by atoms with Crippen molar-refractivity contribution in [3.05, 3.63) is 94.3 Å². The van der Waals surface area contributed by atoms with Crippen LogP contribution in [0, 0.1) is 6.92 Å². The molecule has 0 radical (unpaired) electrons. The minimum Gasteiger partial charge on any atom is -0.481 e. The lowest BCUT2D eigenvalue weighted by atomic mass is 9.96. The number of hydrogen-bond donors (Lipinski definition) is 2. The van der Waals surface area contributed by atoms with E-state index >= 15 is 0 Å². The third-order valence-electron chi connectivity index (χ3n) is 5.84. The summed E-state index contributed by atoms with van der Waals surface area (Å²) in [4.78, 5) is 29.4. The Morgan fingerprint density at radius 1 is 1.06 bits per heavy atom. The predicted octanol–water partition coefficient (Wildman–Crippen LogP) is 5.44. The molecule has 0 saturated heterocycles. The van der Waals surface area contributed by atoms with E-state index < -0.39 is 12.0 Å². The van der Waals surface area contributed by atoms with E-state index in [0.29, 0.717) is 6.42 Å². The van der Waals surface area contributed by atoms with Crippen LogP contribution in [0.4, 0.5) is 0 Å². The summed E-state index contributed by atoms with van der Waals surface area (Å²) >= 11 is 1.59. The Morgan fingerprint density at radius 3 is 2.44 bits per heavy atom.